The molecule has 0 bridgehead atoms. The van der Waals surface area contributed by atoms with E-state index in [0.29, 0.717) is 12.8 Å². The van der Waals surface area contributed by atoms with Crippen molar-refractivity contribution in [2.75, 3.05) is 11.9 Å². The number of nitrogens with one attached hydrogen (secondary N) is 2. The van der Waals surface area contributed by atoms with Crippen LogP contribution in [0.15, 0.2) is 18.2 Å². The lowest BCUT2D eigenvalue weighted by Crippen LogP contribution is -2.48. The Bertz CT molecular complexity index is 526. The van der Waals surface area contributed by atoms with E-state index in [9.17, 15) is 14.0 Å². The summed E-state index contributed by atoms with van der Waals surface area (Å²) < 4.78 is 13.5. The van der Waals surface area contributed by atoms with Gasteiger partial charge in [0.15, 0.2) is 0 Å². The van der Waals surface area contributed by atoms with Crippen LogP contribution in [-0.2, 0) is 4.79 Å². The number of carboxylic acid groups (broad SMARTS) is 1. The third kappa shape index (κ3) is 2.85. The Labute approximate surface area is 120 Å². The summed E-state index contributed by atoms with van der Waals surface area (Å²) in [6.07, 6.45) is 1.89. The van der Waals surface area contributed by atoms with Gasteiger partial charge in [-0.1, -0.05) is 24.1 Å². The lowest BCUT2D eigenvalue weighted by Gasteiger charge is -2.37. The van der Waals surface area contributed by atoms with Crippen LogP contribution in [0, 0.1) is 11.2 Å². The molecule has 0 radical (unpaired) electrons. The fourth-order valence-corrected chi connectivity index (χ4v) is 2.30. The van der Waals surface area contributed by atoms with Crippen LogP contribution in [0.25, 0.3) is 0 Å². The SMILES string of the molecule is O=C(NCC1(C(=O)O)CCC1)Nc1c(F)cccc1Cl. The Morgan fingerprint density at radius 2 is 2.10 bits per heavy atom. The van der Waals surface area contributed by atoms with E-state index in [1.165, 1.54) is 18.2 Å². The predicted octanol–water partition coefficient (Wildman–Crippen LogP) is 2.86. The van der Waals surface area contributed by atoms with E-state index >= 15 is 0 Å². The number of carbonyl (C=O) groups is 2. The summed E-state index contributed by atoms with van der Waals surface area (Å²) in [6, 6.07) is 3.37. The first kappa shape index (κ1) is 14.6. The van der Waals surface area contributed by atoms with Crippen molar-refractivity contribution < 1.29 is 19.1 Å². The molecule has 20 heavy (non-hydrogen) atoms. The number of carboxylic acids is 1. The molecule has 3 N–H and O–H groups in total. The van der Waals surface area contributed by atoms with Gasteiger partial charge in [0.2, 0.25) is 0 Å². The minimum Gasteiger partial charge on any atom is -0.481 e. The Morgan fingerprint density at radius 3 is 2.60 bits per heavy atom. The molecule has 0 atom stereocenters. The van der Waals surface area contributed by atoms with E-state index in [4.69, 9.17) is 16.7 Å². The van der Waals surface area contributed by atoms with Gasteiger partial charge in [-0.05, 0) is 25.0 Å². The van der Waals surface area contributed by atoms with E-state index in [1.54, 1.807) is 0 Å². The fourth-order valence-electron chi connectivity index (χ4n) is 2.09. The predicted molar refractivity (Wildman–Crippen MR) is 72.4 cm³/mol. The third-order valence-electron chi connectivity index (χ3n) is 3.55. The Balaban J connectivity index is 1.95. The van der Waals surface area contributed by atoms with Gasteiger partial charge in [-0.15, -0.1) is 0 Å². The van der Waals surface area contributed by atoms with E-state index in [1.807, 2.05) is 0 Å². The highest BCUT2D eigenvalue weighted by molar-refractivity contribution is 6.33. The van der Waals surface area contributed by atoms with Gasteiger partial charge in [0.1, 0.15) is 5.82 Å². The Hall–Kier alpha value is -1.82. The molecule has 0 unspecified atom stereocenters. The molecule has 108 valence electrons. The normalized spacial score (nSPS) is 16.1. The second-order valence-electron chi connectivity index (χ2n) is 4.84. The van der Waals surface area contributed by atoms with Crippen molar-refractivity contribution in [3.05, 3.63) is 29.0 Å². The van der Waals surface area contributed by atoms with Gasteiger partial charge in [0.25, 0.3) is 0 Å². The highest BCUT2D eigenvalue weighted by atomic mass is 35.5. The molecular formula is C13H14ClFN2O3. The van der Waals surface area contributed by atoms with Crippen molar-refractivity contribution in [1.82, 2.24) is 5.32 Å². The highest BCUT2D eigenvalue weighted by Gasteiger charge is 2.44. The van der Waals surface area contributed by atoms with Crippen molar-refractivity contribution in [1.29, 1.82) is 0 Å². The summed E-state index contributed by atoms with van der Waals surface area (Å²) in [5, 5.41) is 13.9. The van der Waals surface area contributed by atoms with Crippen LogP contribution >= 0.6 is 11.6 Å². The maximum atomic E-state index is 13.5. The summed E-state index contributed by atoms with van der Waals surface area (Å²) in [7, 11) is 0. The summed E-state index contributed by atoms with van der Waals surface area (Å²) in [5.74, 6) is -1.57. The maximum absolute atomic E-state index is 13.5. The van der Waals surface area contributed by atoms with Crippen LogP contribution in [0.3, 0.4) is 0 Å². The molecule has 2 rings (SSSR count). The number of benzene rings is 1. The standard InChI is InChI=1S/C13H14ClFN2O3/c14-8-3-1-4-9(15)10(8)17-12(20)16-7-13(11(18)19)5-2-6-13/h1,3-4H,2,5-7H2,(H,18,19)(H2,16,17,20). The lowest BCUT2D eigenvalue weighted by molar-refractivity contribution is -0.153. The third-order valence-corrected chi connectivity index (χ3v) is 3.87. The Morgan fingerprint density at radius 1 is 1.40 bits per heavy atom. The van der Waals surface area contributed by atoms with E-state index in [2.05, 4.69) is 10.6 Å². The minimum atomic E-state index is -0.923. The number of aliphatic carboxylic acids is 1. The number of halogens is 2. The largest absolute Gasteiger partial charge is 0.481 e. The number of amides is 2. The molecule has 1 aliphatic carbocycles. The van der Waals surface area contributed by atoms with Gasteiger partial charge in [-0.2, -0.15) is 0 Å². The zero-order valence-electron chi connectivity index (χ0n) is 10.6. The van der Waals surface area contributed by atoms with Crippen molar-refractivity contribution in [3.8, 4) is 0 Å². The van der Waals surface area contributed by atoms with Crippen LogP contribution in [0.1, 0.15) is 19.3 Å². The average molecular weight is 301 g/mol. The molecule has 7 heteroatoms. The number of rotatable bonds is 4. The molecule has 0 aliphatic heterocycles. The van der Waals surface area contributed by atoms with Gasteiger partial charge in [0, 0.05) is 6.54 Å². The fraction of sp³-hybridized carbons (Fsp3) is 0.385. The number of para-hydroxylation sites is 1. The second-order valence-corrected chi connectivity index (χ2v) is 5.25. The second kappa shape index (κ2) is 5.66. The molecule has 1 aromatic rings. The van der Waals surface area contributed by atoms with E-state index < -0.39 is 23.2 Å². The molecule has 2 amide bonds. The molecule has 1 aromatic carbocycles. The number of urea groups is 1. The van der Waals surface area contributed by atoms with Gasteiger partial charge >= 0.3 is 12.0 Å². The molecule has 0 saturated heterocycles. The molecule has 0 heterocycles. The molecule has 5 nitrogen and oxygen atoms in total. The first-order chi connectivity index (χ1) is 9.44. The molecule has 0 aromatic heterocycles. The van der Waals surface area contributed by atoms with Gasteiger partial charge in [-0.3, -0.25) is 4.79 Å². The number of carbonyl (C=O) groups excluding carboxylic acids is 1. The quantitative estimate of drug-likeness (QED) is 0.800. The molecule has 1 aliphatic rings. The van der Waals surface area contributed by atoms with Gasteiger partial charge in [-0.25, -0.2) is 9.18 Å². The summed E-state index contributed by atoms with van der Waals surface area (Å²) >= 11 is 5.78. The molecular weight excluding hydrogens is 287 g/mol. The van der Waals surface area contributed by atoms with Crippen LogP contribution in [0.2, 0.25) is 5.02 Å². The first-order valence-corrected chi connectivity index (χ1v) is 6.55. The zero-order chi connectivity index (χ0) is 14.8. The van der Waals surface area contributed by atoms with Crippen molar-refractivity contribution in [3.63, 3.8) is 0 Å². The summed E-state index contributed by atoms with van der Waals surface area (Å²) in [6.45, 7) is 0.0141. The van der Waals surface area contributed by atoms with E-state index in [-0.39, 0.29) is 17.3 Å². The molecule has 1 saturated carbocycles. The van der Waals surface area contributed by atoms with Crippen LogP contribution in [-0.4, -0.2) is 23.7 Å². The van der Waals surface area contributed by atoms with Crippen molar-refractivity contribution in [2.45, 2.75) is 19.3 Å². The van der Waals surface area contributed by atoms with Gasteiger partial charge < -0.3 is 15.7 Å². The van der Waals surface area contributed by atoms with Crippen LogP contribution < -0.4 is 10.6 Å². The first-order valence-electron chi connectivity index (χ1n) is 6.17. The molecule has 0 spiro atoms. The summed E-state index contributed by atoms with van der Waals surface area (Å²) in [4.78, 5) is 22.8. The van der Waals surface area contributed by atoms with Crippen LogP contribution in [0.5, 0.6) is 0 Å². The number of hydrogen-bond donors (Lipinski definition) is 3. The van der Waals surface area contributed by atoms with Crippen LogP contribution in [0.4, 0.5) is 14.9 Å². The van der Waals surface area contributed by atoms with E-state index in [0.717, 1.165) is 6.42 Å². The smallest absolute Gasteiger partial charge is 0.319 e. The molecule has 1 fully saturated rings. The van der Waals surface area contributed by atoms with Gasteiger partial charge in [0.05, 0.1) is 16.1 Å². The Kier molecular flexibility index (Phi) is 4.13. The highest BCUT2D eigenvalue weighted by Crippen LogP contribution is 2.40. The number of hydrogen-bond acceptors (Lipinski definition) is 2. The minimum absolute atomic E-state index is 0.0141. The van der Waals surface area contributed by atoms with Crippen molar-refractivity contribution in [2.24, 2.45) is 5.41 Å². The zero-order valence-corrected chi connectivity index (χ0v) is 11.3. The maximum Gasteiger partial charge on any atom is 0.319 e. The van der Waals surface area contributed by atoms with Crippen molar-refractivity contribution >= 4 is 29.3 Å². The topological polar surface area (TPSA) is 78.4 Å². The monoisotopic (exact) mass is 300 g/mol. The number of anilines is 1. The average Bonchev–Trinajstić information content (AvgIpc) is 2.32. The summed E-state index contributed by atoms with van der Waals surface area (Å²) in [5.41, 5.74) is -1.01. The lowest BCUT2D eigenvalue weighted by atomic mass is 9.69.